The molecule has 0 saturated heterocycles. The van der Waals surface area contributed by atoms with Crippen LogP contribution >= 0.6 is 0 Å². The second kappa shape index (κ2) is 9.94. The lowest BCUT2D eigenvalue weighted by atomic mass is 10.0. The number of benzene rings is 3. The highest BCUT2D eigenvalue weighted by atomic mass is 16.5. The van der Waals surface area contributed by atoms with Gasteiger partial charge in [0.2, 0.25) is 5.90 Å². The molecule has 4 rings (SSSR count). The van der Waals surface area contributed by atoms with Gasteiger partial charge >= 0.3 is 5.97 Å². The van der Waals surface area contributed by atoms with Crippen LogP contribution in [0.5, 0.6) is 5.75 Å². The Labute approximate surface area is 182 Å². The Hall–Kier alpha value is -3.60. The van der Waals surface area contributed by atoms with Gasteiger partial charge < -0.3 is 14.2 Å². The van der Waals surface area contributed by atoms with Gasteiger partial charge in [0.15, 0.2) is 12.1 Å². The van der Waals surface area contributed by atoms with Crippen molar-refractivity contribution in [1.29, 1.82) is 0 Å². The Morgan fingerprint density at radius 3 is 2.45 bits per heavy atom. The summed E-state index contributed by atoms with van der Waals surface area (Å²) in [6.07, 6.45) is 0.337. The molecule has 2 unspecified atom stereocenters. The van der Waals surface area contributed by atoms with Gasteiger partial charge in [-0.05, 0) is 41.8 Å². The number of hydrogen-bond donors (Lipinski definition) is 0. The van der Waals surface area contributed by atoms with E-state index in [9.17, 15) is 4.79 Å². The summed E-state index contributed by atoms with van der Waals surface area (Å²) in [6.45, 7) is 2.88. The van der Waals surface area contributed by atoms with Gasteiger partial charge in [-0.2, -0.15) is 0 Å². The molecular weight excluding hydrogens is 390 g/mol. The molecule has 3 aromatic carbocycles. The number of ether oxygens (including phenoxy) is 3. The van der Waals surface area contributed by atoms with Crippen LogP contribution in [0.4, 0.5) is 0 Å². The van der Waals surface area contributed by atoms with Crippen LogP contribution in [0, 0.1) is 0 Å². The maximum Gasteiger partial charge on any atom is 0.335 e. The smallest absolute Gasteiger partial charge is 0.335 e. The average molecular weight is 415 g/mol. The summed E-state index contributed by atoms with van der Waals surface area (Å²) in [6, 6.07) is 26.0. The molecule has 0 bridgehead atoms. The molecule has 1 aliphatic rings. The molecule has 5 nitrogen and oxygen atoms in total. The Kier molecular flexibility index (Phi) is 6.62. The monoisotopic (exact) mass is 415 g/mol. The first-order valence-corrected chi connectivity index (χ1v) is 10.5. The second-order valence-electron chi connectivity index (χ2n) is 7.30. The first-order valence-electron chi connectivity index (χ1n) is 10.5. The largest absolute Gasteiger partial charge is 0.494 e. The quantitative estimate of drug-likeness (QED) is 0.480. The first kappa shape index (κ1) is 20.7. The van der Waals surface area contributed by atoms with E-state index in [1.807, 2.05) is 84.9 Å². The van der Waals surface area contributed by atoms with Gasteiger partial charge in [-0.3, -0.25) is 0 Å². The molecule has 0 N–H and O–H groups in total. The van der Waals surface area contributed by atoms with Gasteiger partial charge in [0, 0.05) is 5.56 Å². The van der Waals surface area contributed by atoms with Gasteiger partial charge in [-0.15, -0.1) is 0 Å². The molecule has 0 amide bonds. The summed E-state index contributed by atoms with van der Waals surface area (Å²) in [5, 5.41) is 0. The van der Waals surface area contributed by atoms with Crippen LogP contribution in [-0.2, 0) is 20.9 Å². The summed E-state index contributed by atoms with van der Waals surface area (Å²) >= 11 is 0. The Morgan fingerprint density at radius 1 is 0.968 bits per heavy atom. The molecule has 0 fully saturated rings. The minimum absolute atomic E-state index is 0.193. The number of esters is 1. The van der Waals surface area contributed by atoms with Crippen molar-refractivity contribution in [2.75, 3.05) is 6.61 Å². The van der Waals surface area contributed by atoms with Crippen LogP contribution in [0.1, 0.15) is 36.1 Å². The van der Waals surface area contributed by atoms with Crippen molar-refractivity contribution < 1.29 is 19.0 Å². The predicted octanol–water partition coefficient (Wildman–Crippen LogP) is 5.11. The zero-order valence-electron chi connectivity index (χ0n) is 17.4. The average Bonchev–Trinajstić information content (AvgIpc) is 3.28. The molecule has 0 spiro atoms. The molecule has 2 atom stereocenters. The fraction of sp³-hybridized carbons (Fsp3) is 0.231. The molecule has 0 aromatic heterocycles. The number of nitrogens with zero attached hydrogens (tertiary/aromatic N) is 1. The van der Waals surface area contributed by atoms with E-state index in [1.54, 1.807) is 0 Å². The number of carbonyl (C=O) groups excluding carboxylic acids is 1. The number of hydrogen-bond acceptors (Lipinski definition) is 5. The van der Waals surface area contributed by atoms with Crippen molar-refractivity contribution in [3.63, 3.8) is 0 Å². The molecule has 5 heteroatoms. The Morgan fingerprint density at radius 2 is 1.71 bits per heavy atom. The van der Waals surface area contributed by atoms with E-state index in [2.05, 4.69) is 11.9 Å². The molecule has 1 heterocycles. The van der Waals surface area contributed by atoms with Gasteiger partial charge in [-0.1, -0.05) is 67.6 Å². The fourth-order valence-electron chi connectivity index (χ4n) is 3.37. The topological polar surface area (TPSA) is 57.1 Å². The van der Waals surface area contributed by atoms with Gasteiger partial charge in [-0.25, -0.2) is 9.79 Å². The van der Waals surface area contributed by atoms with Crippen molar-refractivity contribution in [2.24, 2.45) is 4.99 Å². The minimum atomic E-state index is -0.791. The fourth-order valence-corrected chi connectivity index (χ4v) is 3.37. The van der Waals surface area contributed by atoms with Gasteiger partial charge in [0.25, 0.3) is 0 Å². The van der Waals surface area contributed by atoms with Crippen LogP contribution in [0.15, 0.2) is 89.9 Å². The van der Waals surface area contributed by atoms with E-state index in [0.717, 1.165) is 28.9 Å². The molecule has 1 aliphatic heterocycles. The molecular formula is C26H25NO4. The maximum atomic E-state index is 13.0. The summed E-state index contributed by atoms with van der Waals surface area (Å²) < 4.78 is 17.5. The first-order chi connectivity index (χ1) is 15.2. The normalized spacial score (nSPS) is 17.5. The van der Waals surface area contributed by atoms with Crippen molar-refractivity contribution in [2.45, 2.75) is 32.1 Å². The molecule has 0 saturated carbocycles. The standard InChI is InChI=1S/C26H25NO4/c1-2-16-29-22-15-9-14-21(17-22)24-23(26(28)30-18-19-10-5-3-6-11-19)27-25(31-24)20-12-7-4-8-13-20/h3-15,17,23-24H,2,16,18H2,1H3. The van der Waals surface area contributed by atoms with E-state index in [-0.39, 0.29) is 6.61 Å². The summed E-state index contributed by atoms with van der Waals surface area (Å²) in [5.74, 6) is 0.763. The highest BCUT2D eigenvalue weighted by molar-refractivity contribution is 5.98. The lowest BCUT2D eigenvalue weighted by Gasteiger charge is -2.18. The number of carbonyl (C=O) groups is 1. The predicted molar refractivity (Wildman–Crippen MR) is 119 cm³/mol. The molecule has 0 aliphatic carbocycles. The summed E-state index contributed by atoms with van der Waals surface area (Å²) in [5.41, 5.74) is 2.57. The SMILES string of the molecule is CCCOc1cccc(C2OC(c3ccccc3)=NC2C(=O)OCc2ccccc2)c1. The zero-order chi connectivity index (χ0) is 21.5. The van der Waals surface area contributed by atoms with E-state index in [0.29, 0.717) is 12.5 Å². The number of aliphatic imine (C=N–C) groups is 1. The third-order valence-corrected chi connectivity index (χ3v) is 4.93. The van der Waals surface area contributed by atoms with E-state index < -0.39 is 18.1 Å². The lowest BCUT2D eigenvalue weighted by molar-refractivity contribution is -0.148. The van der Waals surface area contributed by atoms with Crippen molar-refractivity contribution in [3.05, 3.63) is 102 Å². The highest BCUT2D eigenvalue weighted by Gasteiger charge is 2.39. The van der Waals surface area contributed by atoms with Crippen molar-refractivity contribution in [3.8, 4) is 5.75 Å². The van der Waals surface area contributed by atoms with Gasteiger partial charge in [0.05, 0.1) is 6.61 Å². The lowest BCUT2D eigenvalue weighted by Crippen LogP contribution is -2.26. The second-order valence-corrected chi connectivity index (χ2v) is 7.30. The Bertz CT molecular complexity index is 1030. The van der Waals surface area contributed by atoms with E-state index in [4.69, 9.17) is 14.2 Å². The van der Waals surface area contributed by atoms with Crippen LogP contribution in [0.25, 0.3) is 0 Å². The molecule has 0 radical (unpaired) electrons. The van der Waals surface area contributed by atoms with Crippen LogP contribution < -0.4 is 4.74 Å². The van der Waals surface area contributed by atoms with Crippen LogP contribution in [0.3, 0.4) is 0 Å². The molecule has 3 aromatic rings. The minimum Gasteiger partial charge on any atom is -0.494 e. The molecule has 158 valence electrons. The third-order valence-electron chi connectivity index (χ3n) is 4.93. The summed E-state index contributed by atoms with van der Waals surface area (Å²) in [4.78, 5) is 17.6. The third kappa shape index (κ3) is 5.12. The summed E-state index contributed by atoms with van der Waals surface area (Å²) in [7, 11) is 0. The molecule has 31 heavy (non-hydrogen) atoms. The van der Waals surface area contributed by atoms with E-state index >= 15 is 0 Å². The van der Waals surface area contributed by atoms with Crippen molar-refractivity contribution in [1.82, 2.24) is 0 Å². The number of rotatable bonds is 8. The zero-order valence-corrected chi connectivity index (χ0v) is 17.4. The van der Waals surface area contributed by atoms with Crippen LogP contribution in [0.2, 0.25) is 0 Å². The van der Waals surface area contributed by atoms with E-state index in [1.165, 1.54) is 0 Å². The highest BCUT2D eigenvalue weighted by Crippen LogP contribution is 2.33. The maximum absolute atomic E-state index is 13.0. The Balaban J connectivity index is 1.57. The van der Waals surface area contributed by atoms with Gasteiger partial charge in [0.1, 0.15) is 12.4 Å². The van der Waals surface area contributed by atoms with Crippen LogP contribution in [-0.4, -0.2) is 24.5 Å². The van der Waals surface area contributed by atoms with Crippen molar-refractivity contribution >= 4 is 11.9 Å².